The van der Waals surface area contributed by atoms with Gasteiger partial charge in [-0.2, -0.15) is 0 Å². The van der Waals surface area contributed by atoms with E-state index in [1.807, 2.05) is 38.2 Å². The summed E-state index contributed by atoms with van der Waals surface area (Å²) < 4.78 is 11.3. The van der Waals surface area contributed by atoms with Gasteiger partial charge in [0, 0.05) is 25.3 Å². The number of likely N-dealkylation sites (N-methyl/N-ethyl adjacent to an activating group) is 1. The lowest BCUT2D eigenvalue weighted by Crippen LogP contribution is -2.35. The number of benzene rings is 1. The topological polar surface area (TPSA) is 41.9 Å². The molecule has 0 saturated carbocycles. The molecule has 0 bridgehead atoms. The molecule has 1 N–H and O–H groups in total. The summed E-state index contributed by atoms with van der Waals surface area (Å²) in [5, 5.41) is 10.5. The second-order valence-electron chi connectivity index (χ2n) is 5.70. The van der Waals surface area contributed by atoms with E-state index in [1.165, 1.54) is 12.8 Å². The molecule has 4 heteroatoms. The second-order valence-corrected chi connectivity index (χ2v) is 5.70. The predicted molar refractivity (Wildman–Crippen MR) is 83.7 cm³/mol. The van der Waals surface area contributed by atoms with Crippen LogP contribution in [-0.4, -0.2) is 49.5 Å². The van der Waals surface area contributed by atoms with Crippen molar-refractivity contribution < 1.29 is 14.6 Å². The fraction of sp³-hybridized carbons (Fsp3) is 0.647. The Morgan fingerprint density at radius 3 is 2.90 bits per heavy atom. The minimum absolute atomic E-state index is 0.304. The van der Waals surface area contributed by atoms with Crippen LogP contribution in [0.3, 0.4) is 0 Å². The third kappa shape index (κ3) is 4.99. The maximum atomic E-state index is 10.5. The van der Waals surface area contributed by atoms with Gasteiger partial charge in [-0.25, -0.2) is 0 Å². The van der Waals surface area contributed by atoms with Crippen molar-refractivity contribution in [3.05, 3.63) is 29.8 Å². The molecule has 1 aliphatic rings. The Bertz CT molecular complexity index is 418. The Labute approximate surface area is 127 Å². The van der Waals surface area contributed by atoms with Crippen molar-refractivity contribution in [3.8, 4) is 5.75 Å². The van der Waals surface area contributed by atoms with Crippen LogP contribution in [0, 0.1) is 0 Å². The molecule has 0 amide bonds. The lowest BCUT2D eigenvalue weighted by molar-refractivity contribution is -0.00807. The van der Waals surface area contributed by atoms with Gasteiger partial charge in [-0.3, -0.25) is 0 Å². The molecular weight excluding hydrogens is 266 g/mol. The van der Waals surface area contributed by atoms with Crippen LogP contribution in [0.2, 0.25) is 0 Å². The van der Waals surface area contributed by atoms with Gasteiger partial charge in [-0.15, -0.1) is 0 Å². The Morgan fingerprint density at radius 2 is 2.19 bits per heavy atom. The van der Waals surface area contributed by atoms with E-state index in [0.717, 1.165) is 30.9 Å². The van der Waals surface area contributed by atoms with Gasteiger partial charge in [0.15, 0.2) is 0 Å². The van der Waals surface area contributed by atoms with Gasteiger partial charge in [0.2, 0.25) is 0 Å². The summed E-state index contributed by atoms with van der Waals surface area (Å²) in [6.45, 7) is 4.89. The summed E-state index contributed by atoms with van der Waals surface area (Å²) in [4.78, 5) is 2.14. The van der Waals surface area contributed by atoms with Crippen LogP contribution in [-0.2, 0) is 4.74 Å². The number of nitrogens with zero attached hydrogens (tertiary/aromatic N) is 1. The molecule has 1 saturated heterocycles. The van der Waals surface area contributed by atoms with Gasteiger partial charge in [-0.05, 0) is 39.3 Å². The fourth-order valence-corrected chi connectivity index (χ4v) is 2.81. The average Bonchev–Trinajstić information content (AvgIpc) is 2.49. The lowest BCUT2D eigenvalue weighted by atomic mass is 10.1. The summed E-state index contributed by atoms with van der Waals surface area (Å²) in [7, 11) is 2.03. The highest BCUT2D eigenvalue weighted by Crippen LogP contribution is 2.25. The molecule has 0 radical (unpaired) electrons. The number of hydrogen-bond donors (Lipinski definition) is 1. The van der Waals surface area contributed by atoms with Crippen LogP contribution in [0.15, 0.2) is 24.3 Å². The van der Waals surface area contributed by atoms with Gasteiger partial charge < -0.3 is 19.5 Å². The number of para-hydroxylation sites is 1. The van der Waals surface area contributed by atoms with Crippen LogP contribution in [0.5, 0.6) is 5.75 Å². The van der Waals surface area contributed by atoms with Crippen LogP contribution in [0.4, 0.5) is 0 Å². The normalized spacial score (nSPS) is 20.5. The number of rotatable bonds is 7. The highest BCUT2D eigenvalue weighted by molar-refractivity contribution is 5.35. The van der Waals surface area contributed by atoms with Crippen molar-refractivity contribution in [2.75, 3.05) is 33.4 Å². The molecule has 1 aromatic rings. The minimum atomic E-state index is -0.540. The van der Waals surface area contributed by atoms with E-state index in [4.69, 9.17) is 9.47 Å². The molecule has 0 aliphatic carbocycles. The predicted octanol–water partition coefficient (Wildman–Crippen LogP) is 2.62. The van der Waals surface area contributed by atoms with Crippen molar-refractivity contribution in [2.24, 2.45) is 0 Å². The number of aliphatic hydroxyl groups excluding tert-OH is 1. The molecule has 118 valence electrons. The van der Waals surface area contributed by atoms with E-state index in [2.05, 4.69) is 4.90 Å². The molecule has 0 aromatic heterocycles. The smallest absolute Gasteiger partial charge is 0.125 e. The van der Waals surface area contributed by atoms with Crippen molar-refractivity contribution in [1.29, 1.82) is 0 Å². The minimum Gasteiger partial charge on any atom is -0.493 e. The largest absolute Gasteiger partial charge is 0.493 e. The molecule has 2 atom stereocenters. The van der Waals surface area contributed by atoms with E-state index in [0.29, 0.717) is 19.3 Å². The Balaban J connectivity index is 1.89. The Kier molecular flexibility index (Phi) is 6.49. The molecule has 1 aliphatic heterocycles. The van der Waals surface area contributed by atoms with Crippen LogP contribution >= 0.6 is 0 Å². The first-order valence-electron chi connectivity index (χ1n) is 7.90. The molecule has 1 fully saturated rings. The van der Waals surface area contributed by atoms with E-state index < -0.39 is 6.10 Å². The highest BCUT2D eigenvalue weighted by Gasteiger charge is 2.19. The van der Waals surface area contributed by atoms with Crippen molar-refractivity contribution in [1.82, 2.24) is 4.90 Å². The molecule has 0 spiro atoms. The Hall–Kier alpha value is -1.10. The number of ether oxygens (including phenoxy) is 2. The number of hydrogen-bond acceptors (Lipinski definition) is 4. The first-order chi connectivity index (χ1) is 10.2. The van der Waals surface area contributed by atoms with Gasteiger partial charge in [0.05, 0.1) is 18.8 Å². The highest BCUT2D eigenvalue weighted by atomic mass is 16.5. The third-order valence-corrected chi connectivity index (χ3v) is 3.85. The third-order valence-electron chi connectivity index (χ3n) is 3.85. The summed E-state index contributed by atoms with van der Waals surface area (Å²) in [5.74, 6) is 0.773. The summed E-state index contributed by atoms with van der Waals surface area (Å²) in [5.41, 5.74) is 0.857. The fourth-order valence-electron chi connectivity index (χ4n) is 2.81. The van der Waals surface area contributed by atoms with Gasteiger partial charge in [0.1, 0.15) is 5.75 Å². The van der Waals surface area contributed by atoms with E-state index >= 15 is 0 Å². The lowest BCUT2D eigenvalue weighted by Gasteiger charge is -2.29. The average molecular weight is 293 g/mol. The number of aliphatic hydroxyl groups is 1. The quantitative estimate of drug-likeness (QED) is 0.839. The van der Waals surface area contributed by atoms with Crippen molar-refractivity contribution in [3.63, 3.8) is 0 Å². The monoisotopic (exact) mass is 293 g/mol. The maximum absolute atomic E-state index is 10.5. The zero-order chi connectivity index (χ0) is 15.1. The van der Waals surface area contributed by atoms with Gasteiger partial charge in [0.25, 0.3) is 0 Å². The van der Waals surface area contributed by atoms with E-state index in [-0.39, 0.29) is 0 Å². The second kappa shape index (κ2) is 8.37. The molecule has 2 rings (SSSR count). The van der Waals surface area contributed by atoms with Gasteiger partial charge >= 0.3 is 0 Å². The first-order valence-corrected chi connectivity index (χ1v) is 7.90. The summed E-state index contributed by atoms with van der Waals surface area (Å²) in [6, 6.07) is 7.71. The maximum Gasteiger partial charge on any atom is 0.125 e. The van der Waals surface area contributed by atoms with Gasteiger partial charge in [-0.1, -0.05) is 18.2 Å². The Morgan fingerprint density at radius 1 is 1.38 bits per heavy atom. The molecule has 21 heavy (non-hydrogen) atoms. The standard InChI is InChI=1S/C17H27NO3/c1-3-20-17-10-5-4-9-15(17)16(19)13-18(2)12-14-8-6-7-11-21-14/h4-5,9-10,14,16,19H,3,6-8,11-13H2,1-2H3. The van der Waals surface area contributed by atoms with Crippen molar-refractivity contribution >= 4 is 0 Å². The van der Waals surface area contributed by atoms with E-state index in [9.17, 15) is 5.11 Å². The molecule has 4 nitrogen and oxygen atoms in total. The van der Waals surface area contributed by atoms with Crippen molar-refractivity contribution in [2.45, 2.75) is 38.4 Å². The SMILES string of the molecule is CCOc1ccccc1C(O)CN(C)CC1CCCCO1. The molecule has 1 aromatic carbocycles. The van der Waals surface area contributed by atoms with Crippen LogP contribution < -0.4 is 4.74 Å². The van der Waals surface area contributed by atoms with Crippen LogP contribution in [0.1, 0.15) is 37.9 Å². The molecule has 2 unspecified atom stereocenters. The molecule has 1 heterocycles. The zero-order valence-corrected chi connectivity index (χ0v) is 13.1. The summed E-state index contributed by atoms with van der Waals surface area (Å²) >= 11 is 0. The first kappa shape index (κ1) is 16.3. The summed E-state index contributed by atoms with van der Waals surface area (Å²) in [6.07, 6.45) is 3.30. The van der Waals surface area contributed by atoms with Crippen LogP contribution in [0.25, 0.3) is 0 Å². The zero-order valence-electron chi connectivity index (χ0n) is 13.1. The van der Waals surface area contributed by atoms with E-state index in [1.54, 1.807) is 0 Å². The molecular formula is C17H27NO3.